The molecule has 2 aliphatic heterocycles. The molecule has 11 heteroatoms. The van der Waals surface area contributed by atoms with Gasteiger partial charge < -0.3 is 30.1 Å². The summed E-state index contributed by atoms with van der Waals surface area (Å²) in [4.78, 5) is 40.0. The van der Waals surface area contributed by atoms with E-state index in [-0.39, 0.29) is 17.9 Å². The van der Waals surface area contributed by atoms with Gasteiger partial charge in [0.05, 0.1) is 25.7 Å². The Bertz CT molecular complexity index is 1000. The zero-order valence-electron chi connectivity index (χ0n) is 19.9. The SMILES string of the molecule is CC[C@@H](COC)N1C(=O)[C@H]2N(C(=O)[C@@H](O)CNC(=O)c3cc(C)cc(O)c3C)CC(F)(F)C21C. The molecular formula is C23H31F2N3O6. The minimum atomic E-state index is -3.40. The van der Waals surface area contributed by atoms with Crippen LogP contribution in [0.4, 0.5) is 8.78 Å². The highest BCUT2D eigenvalue weighted by molar-refractivity contribution is 5.99. The smallest absolute Gasteiger partial charge is 0.290 e. The molecule has 1 aromatic carbocycles. The number of halogens is 2. The van der Waals surface area contributed by atoms with E-state index in [1.807, 2.05) is 0 Å². The van der Waals surface area contributed by atoms with Crippen molar-refractivity contribution in [3.63, 3.8) is 0 Å². The van der Waals surface area contributed by atoms with E-state index in [0.717, 1.165) is 4.90 Å². The largest absolute Gasteiger partial charge is 0.508 e. The van der Waals surface area contributed by atoms with Crippen molar-refractivity contribution >= 4 is 17.7 Å². The molecule has 0 bridgehead atoms. The third kappa shape index (κ3) is 3.90. The standard InChI is InChI=1S/C23H31F2N3O6/c1-6-14(10-34-5)28-21(33)18-22(28,4)23(24,25)11-27(18)20(32)17(30)9-26-19(31)15-7-12(2)8-16(29)13(15)3/h7-8,14,17-18,29-30H,6,9-11H2,1-5H3,(H,26,31)/t14-,17-,18+,22?/m0/s1. The number of aliphatic hydroxyl groups excluding tert-OH is 1. The average molecular weight is 484 g/mol. The maximum atomic E-state index is 15.1. The van der Waals surface area contributed by atoms with Crippen LogP contribution >= 0.6 is 0 Å². The fourth-order valence-electron chi connectivity index (χ4n) is 4.92. The normalized spacial score (nSPS) is 24.9. The minimum Gasteiger partial charge on any atom is -0.508 e. The molecule has 2 fully saturated rings. The summed E-state index contributed by atoms with van der Waals surface area (Å²) in [6, 6.07) is 1.04. The molecule has 3 rings (SSSR count). The third-order valence-corrected chi connectivity index (χ3v) is 6.91. The number of β-lactam (4-membered cyclic amide) rings is 1. The second-order valence-electron chi connectivity index (χ2n) is 9.13. The van der Waals surface area contributed by atoms with Gasteiger partial charge in [0, 0.05) is 18.2 Å². The van der Waals surface area contributed by atoms with Gasteiger partial charge in [0.1, 0.15) is 23.4 Å². The van der Waals surface area contributed by atoms with Crippen molar-refractivity contribution in [1.82, 2.24) is 15.1 Å². The Morgan fingerprint density at radius 2 is 1.97 bits per heavy atom. The molecule has 0 aromatic heterocycles. The van der Waals surface area contributed by atoms with Crippen molar-refractivity contribution in [2.24, 2.45) is 0 Å². The quantitative estimate of drug-likeness (QED) is 0.474. The molecule has 1 unspecified atom stereocenters. The molecular weight excluding hydrogens is 452 g/mol. The van der Waals surface area contributed by atoms with Crippen LogP contribution in [0.1, 0.15) is 41.8 Å². The number of carbonyl (C=O) groups excluding carboxylic acids is 3. The van der Waals surface area contributed by atoms with Crippen LogP contribution in [-0.4, -0.2) is 94.2 Å². The first kappa shape index (κ1) is 25.8. The summed E-state index contributed by atoms with van der Waals surface area (Å²) < 4.78 is 35.3. The van der Waals surface area contributed by atoms with Gasteiger partial charge in [-0.05, 0) is 44.9 Å². The van der Waals surface area contributed by atoms with E-state index in [2.05, 4.69) is 5.32 Å². The van der Waals surface area contributed by atoms with Gasteiger partial charge >= 0.3 is 0 Å². The van der Waals surface area contributed by atoms with Gasteiger partial charge in [0.2, 0.25) is 5.91 Å². The summed E-state index contributed by atoms with van der Waals surface area (Å²) in [5.74, 6) is -5.81. The lowest BCUT2D eigenvalue weighted by Gasteiger charge is -2.57. The number of aliphatic hydroxyl groups is 1. The van der Waals surface area contributed by atoms with E-state index in [1.165, 1.54) is 26.2 Å². The number of rotatable bonds is 8. The Morgan fingerprint density at radius 1 is 1.32 bits per heavy atom. The second-order valence-corrected chi connectivity index (χ2v) is 9.13. The number of fused-ring (bicyclic) bond motifs is 1. The Balaban J connectivity index is 1.73. The number of amides is 3. The van der Waals surface area contributed by atoms with E-state index in [9.17, 15) is 24.6 Å². The number of likely N-dealkylation sites (tertiary alicyclic amines) is 2. The first-order chi connectivity index (χ1) is 15.8. The van der Waals surface area contributed by atoms with Crippen molar-refractivity contribution < 1.29 is 38.1 Å². The van der Waals surface area contributed by atoms with E-state index < -0.39 is 60.5 Å². The Kier molecular flexibility index (Phi) is 6.92. The summed E-state index contributed by atoms with van der Waals surface area (Å²) in [5, 5.41) is 22.7. The number of carbonyl (C=O) groups is 3. The summed E-state index contributed by atoms with van der Waals surface area (Å²) in [7, 11) is 1.42. The molecule has 9 nitrogen and oxygen atoms in total. The van der Waals surface area contributed by atoms with Crippen molar-refractivity contribution in [2.45, 2.75) is 63.8 Å². The molecule has 0 saturated carbocycles. The number of hydrogen-bond donors (Lipinski definition) is 3. The average Bonchev–Trinajstić information content (AvgIpc) is 2.96. The Hall–Kier alpha value is -2.79. The first-order valence-corrected chi connectivity index (χ1v) is 11.1. The van der Waals surface area contributed by atoms with Gasteiger partial charge in [-0.15, -0.1) is 0 Å². The number of phenols is 1. The van der Waals surface area contributed by atoms with Gasteiger partial charge in [-0.3, -0.25) is 14.4 Å². The van der Waals surface area contributed by atoms with Crippen LogP contribution < -0.4 is 5.32 Å². The van der Waals surface area contributed by atoms with Gasteiger partial charge in [-0.2, -0.15) is 0 Å². The molecule has 0 aliphatic carbocycles. The predicted molar refractivity (Wildman–Crippen MR) is 118 cm³/mol. The summed E-state index contributed by atoms with van der Waals surface area (Å²) in [5.41, 5.74) is -0.806. The highest BCUT2D eigenvalue weighted by Crippen LogP contribution is 2.53. The molecule has 2 heterocycles. The number of nitrogens with zero attached hydrogens (tertiary/aromatic N) is 2. The van der Waals surface area contributed by atoms with Crippen LogP contribution in [0.2, 0.25) is 0 Å². The minimum absolute atomic E-state index is 0.0766. The molecule has 0 spiro atoms. The Morgan fingerprint density at radius 3 is 2.56 bits per heavy atom. The van der Waals surface area contributed by atoms with E-state index in [0.29, 0.717) is 22.4 Å². The lowest BCUT2D eigenvalue weighted by atomic mass is 9.76. The van der Waals surface area contributed by atoms with Crippen molar-refractivity contribution in [3.8, 4) is 5.75 Å². The van der Waals surface area contributed by atoms with Gasteiger partial charge in [-0.25, -0.2) is 8.78 Å². The summed E-state index contributed by atoms with van der Waals surface area (Å²) >= 11 is 0. The number of phenolic OH excluding ortho intramolecular Hbond substituents is 1. The molecule has 4 atom stereocenters. The van der Waals surface area contributed by atoms with Crippen LogP contribution in [0.25, 0.3) is 0 Å². The monoisotopic (exact) mass is 483 g/mol. The molecule has 1 aromatic rings. The zero-order chi connectivity index (χ0) is 25.6. The number of benzene rings is 1. The maximum Gasteiger partial charge on any atom is 0.290 e. The molecule has 34 heavy (non-hydrogen) atoms. The highest BCUT2D eigenvalue weighted by Gasteiger charge is 2.78. The van der Waals surface area contributed by atoms with Crippen LogP contribution in [-0.2, 0) is 14.3 Å². The molecule has 188 valence electrons. The summed E-state index contributed by atoms with van der Waals surface area (Å²) in [6.07, 6.45) is -1.43. The van der Waals surface area contributed by atoms with Crippen LogP contribution in [0, 0.1) is 13.8 Å². The predicted octanol–water partition coefficient (Wildman–Crippen LogP) is 0.972. The fourth-order valence-corrected chi connectivity index (χ4v) is 4.92. The fraction of sp³-hybridized carbons (Fsp3) is 0.609. The van der Waals surface area contributed by atoms with E-state index in [4.69, 9.17) is 4.74 Å². The van der Waals surface area contributed by atoms with E-state index >= 15 is 8.78 Å². The summed E-state index contributed by atoms with van der Waals surface area (Å²) in [6.45, 7) is 4.74. The number of ether oxygens (including phenoxy) is 1. The number of methoxy groups -OCH3 is 1. The highest BCUT2D eigenvalue weighted by atomic mass is 19.3. The van der Waals surface area contributed by atoms with Crippen molar-refractivity contribution in [2.75, 3.05) is 26.8 Å². The van der Waals surface area contributed by atoms with Crippen LogP contribution in [0.15, 0.2) is 12.1 Å². The molecule has 2 saturated heterocycles. The van der Waals surface area contributed by atoms with Crippen molar-refractivity contribution in [1.29, 1.82) is 0 Å². The van der Waals surface area contributed by atoms with Crippen LogP contribution in [0.5, 0.6) is 5.75 Å². The number of hydrogen-bond acceptors (Lipinski definition) is 6. The van der Waals surface area contributed by atoms with Gasteiger partial charge in [0.15, 0.2) is 0 Å². The third-order valence-electron chi connectivity index (χ3n) is 6.91. The van der Waals surface area contributed by atoms with E-state index in [1.54, 1.807) is 20.8 Å². The lowest BCUT2D eigenvalue weighted by molar-refractivity contribution is -0.201. The molecule has 3 amide bonds. The second kappa shape index (κ2) is 9.10. The molecule has 2 aliphatic rings. The van der Waals surface area contributed by atoms with Crippen LogP contribution in [0.3, 0.4) is 0 Å². The Labute approximate surface area is 196 Å². The molecule has 3 N–H and O–H groups in total. The lowest BCUT2D eigenvalue weighted by Crippen LogP contribution is -2.80. The topological polar surface area (TPSA) is 119 Å². The number of aromatic hydroxyl groups is 1. The first-order valence-electron chi connectivity index (χ1n) is 11.1. The zero-order valence-corrected chi connectivity index (χ0v) is 19.9. The van der Waals surface area contributed by atoms with Crippen molar-refractivity contribution in [3.05, 3.63) is 28.8 Å². The maximum absolute atomic E-state index is 15.1. The number of alkyl halides is 2. The number of nitrogens with one attached hydrogen (secondary N) is 1. The van der Waals surface area contributed by atoms with Gasteiger partial charge in [0.25, 0.3) is 17.7 Å². The molecule has 0 radical (unpaired) electrons. The van der Waals surface area contributed by atoms with Gasteiger partial charge in [-0.1, -0.05) is 6.92 Å². The number of aryl methyl sites for hydroxylation is 1.